The van der Waals surface area contributed by atoms with Crippen LogP contribution in [0.25, 0.3) is 0 Å². The maximum Gasteiger partial charge on any atom is 0.102 e. The Balaban J connectivity index is 1.70. The molecule has 2 aliphatic rings. The smallest absolute Gasteiger partial charge is 0.102 e. The van der Waals surface area contributed by atoms with Crippen molar-refractivity contribution in [3.8, 4) is 0 Å². The summed E-state index contributed by atoms with van der Waals surface area (Å²) in [5.74, 6) is 0. The van der Waals surface area contributed by atoms with Crippen LogP contribution in [-0.4, -0.2) is 49.2 Å². The van der Waals surface area contributed by atoms with Crippen LogP contribution in [-0.2, 0) is 6.42 Å². The van der Waals surface area contributed by atoms with E-state index in [0.717, 1.165) is 38.3 Å². The first-order chi connectivity index (χ1) is 9.78. The van der Waals surface area contributed by atoms with Gasteiger partial charge in [0.15, 0.2) is 0 Å². The summed E-state index contributed by atoms with van der Waals surface area (Å²) in [6.45, 7) is 4.44. The highest BCUT2D eigenvalue weighted by molar-refractivity contribution is 5.46. The molecular formula is C16H24FN3. The molecule has 20 heavy (non-hydrogen) atoms. The molecule has 0 bridgehead atoms. The second-order valence-corrected chi connectivity index (χ2v) is 5.93. The lowest BCUT2D eigenvalue weighted by molar-refractivity contribution is 0.0846. The third-order valence-electron chi connectivity index (χ3n) is 4.70. The van der Waals surface area contributed by atoms with Crippen LogP contribution in [0.2, 0.25) is 0 Å². The molecule has 0 aromatic heterocycles. The molecule has 0 saturated carbocycles. The lowest BCUT2D eigenvalue weighted by atomic mass is 9.86. The van der Waals surface area contributed by atoms with Crippen molar-refractivity contribution >= 4 is 5.69 Å². The molecule has 1 heterocycles. The van der Waals surface area contributed by atoms with E-state index in [2.05, 4.69) is 21.9 Å². The number of nitrogens with two attached hydrogens (primary N) is 1. The quantitative estimate of drug-likeness (QED) is 0.860. The summed E-state index contributed by atoms with van der Waals surface area (Å²) in [7, 11) is 0. The zero-order valence-corrected chi connectivity index (χ0v) is 12.0. The molecule has 1 aromatic rings. The van der Waals surface area contributed by atoms with Crippen LogP contribution in [0.1, 0.15) is 30.0 Å². The molecule has 110 valence electrons. The van der Waals surface area contributed by atoms with Gasteiger partial charge in [-0.3, -0.25) is 9.80 Å². The molecule has 1 unspecified atom stereocenters. The van der Waals surface area contributed by atoms with Crippen molar-refractivity contribution < 1.29 is 4.39 Å². The lowest BCUT2D eigenvalue weighted by Gasteiger charge is -2.41. The Kier molecular flexibility index (Phi) is 4.22. The molecule has 2 N–H and O–H groups in total. The van der Waals surface area contributed by atoms with Crippen LogP contribution in [0, 0.1) is 0 Å². The first kappa shape index (κ1) is 13.8. The fraction of sp³-hybridized carbons (Fsp3) is 0.625. The monoisotopic (exact) mass is 277 g/mol. The maximum absolute atomic E-state index is 12.4. The minimum Gasteiger partial charge on any atom is -0.399 e. The maximum atomic E-state index is 12.4. The van der Waals surface area contributed by atoms with Gasteiger partial charge in [-0.2, -0.15) is 0 Å². The van der Waals surface area contributed by atoms with E-state index < -0.39 is 0 Å². The van der Waals surface area contributed by atoms with Crippen molar-refractivity contribution in [2.24, 2.45) is 0 Å². The van der Waals surface area contributed by atoms with Crippen molar-refractivity contribution in [2.45, 2.75) is 25.3 Å². The Morgan fingerprint density at radius 2 is 2.00 bits per heavy atom. The van der Waals surface area contributed by atoms with E-state index in [1.54, 1.807) is 0 Å². The van der Waals surface area contributed by atoms with Crippen LogP contribution >= 0.6 is 0 Å². The number of halogens is 1. The number of piperazine rings is 1. The second kappa shape index (κ2) is 6.10. The van der Waals surface area contributed by atoms with Gasteiger partial charge in [-0.05, 0) is 42.5 Å². The summed E-state index contributed by atoms with van der Waals surface area (Å²) in [6, 6.07) is 6.91. The SMILES string of the molecule is Nc1ccc2c(c1)CCCC2N1CCN(CCF)CC1. The Morgan fingerprint density at radius 1 is 1.20 bits per heavy atom. The highest BCUT2D eigenvalue weighted by Gasteiger charge is 2.28. The second-order valence-electron chi connectivity index (χ2n) is 5.93. The number of fused-ring (bicyclic) bond motifs is 1. The number of hydrogen-bond donors (Lipinski definition) is 1. The summed E-state index contributed by atoms with van der Waals surface area (Å²) in [5, 5.41) is 0. The minimum atomic E-state index is -0.231. The fourth-order valence-electron chi connectivity index (χ4n) is 3.61. The van der Waals surface area contributed by atoms with E-state index in [1.165, 1.54) is 24.0 Å². The van der Waals surface area contributed by atoms with E-state index in [1.807, 2.05) is 6.07 Å². The first-order valence-corrected chi connectivity index (χ1v) is 7.68. The number of nitrogens with zero attached hydrogens (tertiary/aromatic N) is 2. The number of aryl methyl sites for hydroxylation is 1. The predicted octanol–water partition coefficient (Wildman–Crippen LogP) is 2.23. The van der Waals surface area contributed by atoms with Gasteiger partial charge in [0.05, 0.1) is 0 Å². The highest BCUT2D eigenvalue weighted by Crippen LogP contribution is 2.35. The molecule has 0 amide bonds. The van der Waals surface area contributed by atoms with Gasteiger partial charge >= 0.3 is 0 Å². The van der Waals surface area contributed by atoms with Gasteiger partial charge in [0.1, 0.15) is 6.67 Å². The summed E-state index contributed by atoms with van der Waals surface area (Å²) >= 11 is 0. The Hall–Kier alpha value is -1.13. The van der Waals surface area contributed by atoms with Gasteiger partial charge in [-0.15, -0.1) is 0 Å². The third kappa shape index (κ3) is 2.81. The van der Waals surface area contributed by atoms with E-state index in [9.17, 15) is 4.39 Å². The van der Waals surface area contributed by atoms with E-state index >= 15 is 0 Å². The fourth-order valence-corrected chi connectivity index (χ4v) is 3.61. The van der Waals surface area contributed by atoms with Crippen molar-refractivity contribution in [2.75, 3.05) is 45.1 Å². The molecule has 1 aliphatic carbocycles. The van der Waals surface area contributed by atoms with Gasteiger partial charge in [0, 0.05) is 44.5 Å². The molecule has 1 atom stereocenters. The molecular weight excluding hydrogens is 253 g/mol. The Labute approximate surface area is 120 Å². The number of alkyl halides is 1. The average molecular weight is 277 g/mol. The van der Waals surface area contributed by atoms with Crippen LogP contribution in [0.15, 0.2) is 18.2 Å². The van der Waals surface area contributed by atoms with Gasteiger partial charge in [-0.25, -0.2) is 4.39 Å². The number of benzene rings is 1. The molecule has 3 nitrogen and oxygen atoms in total. The zero-order valence-electron chi connectivity index (χ0n) is 12.0. The number of rotatable bonds is 3. The largest absolute Gasteiger partial charge is 0.399 e. The number of hydrogen-bond acceptors (Lipinski definition) is 3. The van der Waals surface area contributed by atoms with Crippen LogP contribution in [0.5, 0.6) is 0 Å². The topological polar surface area (TPSA) is 32.5 Å². The molecule has 0 radical (unpaired) electrons. The van der Waals surface area contributed by atoms with Crippen LogP contribution < -0.4 is 5.73 Å². The van der Waals surface area contributed by atoms with Gasteiger partial charge in [0.2, 0.25) is 0 Å². The van der Waals surface area contributed by atoms with Gasteiger partial charge in [0.25, 0.3) is 0 Å². The molecule has 1 aromatic carbocycles. The van der Waals surface area contributed by atoms with Gasteiger partial charge in [-0.1, -0.05) is 6.07 Å². The molecule has 0 spiro atoms. The number of nitrogen functional groups attached to an aromatic ring is 1. The van der Waals surface area contributed by atoms with E-state index in [0.29, 0.717) is 12.6 Å². The third-order valence-corrected chi connectivity index (χ3v) is 4.70. The summed E-state index contributed by atoms with van der Waals surface area (Å²) in [4.78, 5) is 4.80. The Bertz CT molecular complexity index is 455. The standard InChI is InChI=1S/C16H24FN3/c17-6-7-19-8-10-20(11-9-19)16-3-1-2-13-12-14(18)4-5-15(13)16/h4-5,12,16H,1-3,6-11,18H2. The summed E-state index contributed by atoms with van der Waals surface area (Å²) in [6.07, 6.45) is 3.63. The predicted molar refractivity (Wildman–Crippen MR) is 80.5 cm³/mol. The molecule has 3 rings (SSSR count). The van der Waals surface area contributed by atoms with Crippen LogP contribution in [0.3, 0.4) is 0 Å². The van der Waals surface area contributed by atoms with Crippen molar-refractivity contribution in [1.29, 1.82) is 0 Å². The van der Waals surface area contributed by atoms with Crippen LogP contribution in [0.4, 0.5) is 10.1 Å². The Morgan fingerprint density at radius 3 is 2.75 bits per heavy atom. The normalized spacial score (nSPS) is 24.6. The highest BCUT2D eigenvalue weighted by atomic mass is 19.1. The van der Waals surface area contributed by atoms with Crippen molar-refractivity contribution in [1.82, 2.24) is 9.80 Å². The lowest BCUT2D eigenvalue weighted by Crippen LogP contribution is -2.48. The first-order valence-electron chi connectivity index (χ1n) is 7.68. The molecule has 1 saturated heterocycles. The summed E-state index contributed by atoms with van der Waals surface area (Å²) in [5.41, 5.74) is 9.66. The van der Waals surface area contributed by atoms with E-state index in [4.69, 9.17) is 5.73 Å². The number of anilines is 1. The van der Waals surface area contributed by atoms with Crippen molar-refractivity contribution in [3.63, 3.8) is 0 Å². The van der Waals surface area contributed by atoms with Gasteiger partial charge < -0.3 is 5.73 Å². The summed E-state index contributed by atoms with van der Waals surface area (Å²) < 4.78 is 12.4. The molecule has 1 fully saturated rings. The molecule has 1 aliphatic heterocycles. The zero-order chi connectivity index (χ0) is 13.9. The van der Waals surface area contributed by atoms with E-state index in [-0.39, 0.29) is 6.67 Å². The minimum absolute atomic E-state index is 0.231. The van der Waals surface area contributed by atoms with Crippen molar-refractivity contribution in [3.05, 3.63) is 29.3 Å². The average Bonchev–Trinajstić information content (AvgIpc) is 2.47. The molecule has 4 heteroatoms.